The van der Waals surface area contributed by atoms with Gasteiger partial charge in [-0.1, -0.05) is 12.1 Å². The largest absolute Gasteiger partial charge is 0.465 e. The quantitative estimate of drug-likeness (QED) is 0.267. The van der Waals surface area contributed by atoms with Gasteiger partial charge in [-0.2, -0.15) is 0 Å². The van der Waals surface area contributed by atoms with Gasteiger partial charge in [0.2, 0.25) is 0 Å². The SMILES string of the molecule is CCNC(=NCc1cc(C(=O)OC)c(C)o1)NC(C)c1ccc(C)c(F)c1.I. The molecule has 28 heavy (non-hydrogen) atoms. The normalized spacial score (nSPS) is 12.1. The Bertz CT molecular complexity index is 836. The van der Waals surface area contributed by atoms with Crippen molar-refractivity contribution in [1.82, 2.24) is 10.6 Å². The molecule has 0 saturated heterocycles. The zero-order chi connectivity index (χ0) is 20.0. The second-order valence-electron chi connectivity index (χ2n) is 6.24. The maximum atomic E-state index is 13.8. The number of nitrogens with one attached hydrogen (secondary N) is 2. The van der Waals surface area contributed by atoms with E-state index in [1.807, 2.05) is 19.9 Å². The minimum Gasteiger partial charge on any atom is -0.465 e. The third-order valence-electron chi connectivity index (χ3n) is 4.16. The first-order chi connectivity index (χ1) is 12.8. The number of aliphatic imine (C=N–C) groups is 1. The highest BCUT2D eigenvalue weighted by Crippen LogP contribution is 2.18. The Labute approximate surface area is 182 Å². The van der Waals surface area contributed by atoms with E-state index in [0.717, 1.165) is 5.56 Å². The number of carbonyl (C=O) groups excluding carboxylic acids is 1. The van der Waals surface area contributed by atoms with Gasteiger partial charge in [-0.15, -0.1) is 24.0 Å². The summed E-state index contributed by atoms with van der Waals surface area (Å²) < 4.78 is 24.1. The van der Waals surface area contributed by atoms with Gasteiger partial charge < -0.3 is 19.8 Å². The number of aryl methyl sites for hydroxylation is 2. The molecule has 0 aliphatic carbocycles. The summed E-state index contributed by atoms with van der Waals surface area (Å²) in [6.07, 6.45) is 0. The van der Waals surface area contributed by atoms with E-state index in [-0.39, 0.29) is 42.4 Å². The van der Waals surface area contributed by atoms with Crippen molar-refractivity contribution in [1.29, 1.82) is 0 Å². The molecule has 2 N–H and O–H groups in total. The second kappa shape index (κ2) is 11.0. The van der Waals surface area contributed by atoms with Crippen molar-refractivity contribution in [2.45, 2.75) is 40.3 Å². The van der Waals surface area contributed by atoms with E-state index < -0.39 is 5.97 Å². The van der Waals surface area contributed by atoms with Crippen LogP contribution in [0.4, 0.5) is 4.39 Å². The standard InChI is InChI=1S/C20H26FN3O3.HI/c1-6-22-20(24-13(3)15-8-7-12(2)18(21)9-15)23-11-16-10-17(14(4)27-16)19(25)26-5;/h7-10,13H,6,11H2,1-5H3,(H2,22,23,24);1H. The first-order valence-electron chi connectivity index (χ1n) is 8.84. The van der Waals surface area contributed by atoms with Crippen LogP contribution in [0.3, 0.4) is 0 Å². The molecule has 6 nitrogen and oxygen atoms in total. The van der Waals surface area contributed by atoms with Crippen LogP contribution in [0.25, 0.3) is 0 Å². The van der Waals surface area contributed by atoms with Crippen LogP contribution in [0.1, 0.15) is 52.9 Å². The van der Waals surface area contributed by atoms with Crippen molar-refractivity contribution < 1.29 is 18.3 Å². The van der Waals surface area contributed by atoms with Gasteiger partial charge >= 0.3 is 5.97 Å². The molecule has 0 radical (unpaired) electrons. The number of ether oxygens (including phenoxy) is 1. The molecule has 1 heterocycles. The van der Waals surface area contributed by atoms with E-state index in [2.05, 4.69) is 15.6 Å². The predicted molar refractivity (Wildman–Crippen MR) is 118 cm³/mol. The molecule has 8 heteroatoms. The van der Waals surface area contributed by atoms with Crippen LogP contribution in [0, 0.1) is 19.7 Å². The minimum absolute atomic E-state index is 0. The molecule has 2 aromatic rings. The van der Waals surface area contributed by atoms with Gasteiger partial charge in [0.1, 0.15) is 29.4 Å². The number of methoxy groups -OCH3 is 1. The smallest absolute Gasteiger partial charge is 0.341 e. The van der Waals surface area contributed by atoms with Gasteiger partial charge in [-0.25, -0.2) is 14.2 Å². The summed E-state index contributed by atoms with van der Waals surface area (Å²) in [5.41, 5.74) is 1.83. The Balaban J connectivity index is 0.00000392. The predicted octanol–water partition coefficient (Wildman–Crippen LogP) is 4.26. The lowest BCUT2D eigenvalue weighted by Crippen LogP contribution is -2.38. The molecule has 1 unspecified atom stereocenters. The summed E-state index contributed by atoms with van der Waals surface area (Å²) in [7, 11) is 1.33. The Kier molecular flexibility index (Phi) is 9.44. The van der Waals surface area contributed by atoms with Crippen LogP contribution >= 0.6 is 24.0 Å². The van der Waals surface area contributed by atoms with Gasteiger partial charge in [-0.05, 0) is 51.0 Å². The molecule has 1 atom stereocenters. The number of furan rings is 1. The van der Waals surface area contributed by atoms with Crippen molar-refractivity contribution in [2.75, 3.05) is 13.7 Å². The molecule has 0 spiro atoms. The summed E-state index contributed by atoms with van der Waals surface area (Å²) in [4.78, 5) is 16.2. The Hall–Kier alpha value is -2.10. The summed E-state index contributed by atoms with van der Waals surface area (Å²) >= 11 is 0. The number of hydrogen-bond acceptors (Lipinski definition) is 4. The van der Waals surface area contributed by atoms with Crippen molar-refractivity contribution in [3.8, 4) is 0 Å². The Morgan fingerprint density at radius 1 is 1.32 bits per heavy atom. The monoisotopic (exact) mass is 503 g/mol. The molecule has 1 aromatic carbocycles. The van der Waals surface area contributed by atoms with Gasteiger partial charge in [0, 0.05) is 6.54 Å². The van der Waals surface area contributed by atoms with E-state index in [1.165, 1.54) is 13.2 Å². The topological polar surface area (TPSA) is 75.9 Å². The third kappa shape index (κ3) is 6.22. The zero-order valence-electron chi connectivity index (χ0n) is 16.8. The molecule has 154 valence electrons. The number of nitrogens with zero attached hydrogens (tertiary/aromatic N) is 1. The van der Waals surface area contributed by atoms with Gasteiger partial charge in [0.15, 0.2) is 5.96 Å². The lowest BCUT2D eigenvalue weighted by molar-refractivity contribution is 0.0599. The average molecular weight is 503 g/mol. The molecule has 0 aliphatic heterocycles. The van der Waals surface area contributed by atoms with Gasteiger partial charge in [0.05, 0.1) is 13.2 Å². The summed E-state index contributed by atoms with van der Waals surface area (Å²) in [5.74, 6) is 0.948. The fourth-order valence-corrected chi connectivity index (χ4v) is 2.58. The minimum atomic E-state index is -0.438. The second-order valence-corrected chi connectivity index (χ2v) is 6.24. The number of hydrogen-bond donors (Lipinski definition) is 2. The van der Waals surface area contributed by atoms with Crippen LogP contribution in [0.2, 0.25) is 0 Å². The van der Waals surface area contributed by atoms with Crippen LogP contribution in [-0.4, -0.2) is 25.6 Å². The summed E-state index contributed by atoms with van der Waals surface area (Å²) in [5, 5.41) is 6.39. The molecule has 0 bridgehead atoms. The number of guanidine groups is 1. The first-order valence-corrected chi connectivity index (χ1v) is 8.84. The first kappa shape index (κ1) is 23.9. The van der Waals surface area contributed by atoms with Crippen LogP contribution in [0.5, 0.6) is 0 Å². The molecule has 0 aliphatic rings. The molecular formula is C20H27FIN3O3. The maximum absolute atomic E-state index is 13.8. The Morgan fingerprint density at radius 2 is 2.04 bits per heavy atom. The summed E-state index contributed by atoms with van der Waals surface area (Å²) in [6, 6.07) is 6.66. The Morgan fingerprint density at radius 3 is 2.64 bits per heavy atom. The molecule has 0 amide bonds. The fourth-order valence-electron chi connectivity index (χ4n) is 2.58. The van der Waals surface area contributed by atoms with Crippen LogP contribution in [0.15, 0.2) is 33.7 Å². The van der Waals surface area contributed by atoms with E-state index in [0.29, 0.717) is 35.2 Å². The number of benzene rings is 1. The molecule has 0 fully saturated rings. The van der Waals surface area contributed by atoms with E-state index in [9.17, 15) is 9.18 Å². The average Bonchev–Trinajstić information content (AvgIpc) is 3.02. The fraction of sp³-hybridized carbons (Fsp3) is 0.400. The highest BCUT2D eigenvalue weighted by Gasteiger charge is 2.15. The molecule has 2 rings (SSSR count). The van der Waals surface area contributed by atoms with Crippen molar-refractivity contribution >= 4 is 35.9 Å². The highest BCUT2D eigenvalue weighted by atomic mass is 127. The van der Waals surface area contributed by atoms with Crippen LogP contribution in [-0.2, 0) is 11.3 Å². The lowest BCUT2D eigenvalue weighted by Gasteiger charge is -2.18. The highest BCUT2D eigenvalue weighted by molar-refractivity contribution is 14.0. The van der Waals surface area contributed by atoms with E-state index in [1.54, 1.807) is 26.0 Å². The lowest BCUT2D eigenvalue weighted by atomic mass is 10.1. The van der Waals surface area contributed by atoms with Crippen LogP contribution < -0.4 is 10.6 Å². The van der Waals surface area contributed by atoms with E-state index >= 15 is 0 Å². The maximum Gasteiger partial charge on any atom is 0.341 e. The number of carbonyl (C=O) groups is 1. The third-order valence-corrected chi connectivity index (χ3v) is 4.16. The molecule has 1 aromatic heterocycles. The number of halogens is 2. The number of esters is 1. The van der Waals surface area contributed by atoms with Gasteiger partial charge in [-0.3, -0.25) is 0 Å². The van der Waals surface area contributed by atoms with Gasteiger partial charge in [0.25, 0.3) is 0 Å². The zero-order valence-corrected chi connectivity index (χ0v) is 19.1. The van der Waals surface area contributed by atoms with Crippen molar-refractivity contribution in [3.63, 3.8) is 0 Å². The molecule has 0 saturated carbocycles. The number of rotatable bonds is 6. The van der Waals surface area contributed by atoms with Crippen molar-refractivity contribution in [2.24, 2.45) is 4.99 Å². The van der Waals surface area contributed by atoms with E-state index in [4.69, 9.17) is 9.15 Å². The molecular weight excluding hydrogens is 476 g/mol. The van der Waals surface area contributed by atoms with Crippen molar-refractivity contribution in [3.05, 3.63) is 58.3 Å². The summed E-state index contributed by atoms with van der Waals surface area (Å²) in [6.45, 7) is 8.25.